The van der Waals surface area contributed by atoms with E-state index in [0.29, 0.717) is 22.9 Å². The van der Waals surface area contributed by atoms with Crippen molar-refractivity contribution in [2.45, 2.75) is 57.7 Å². The minimum Gasteiger partial charge on any atom is -0.507 e. The molecule has 0 spiro atoms. The molecule has 0 bridgehead atoms. The van der Waals surface area contributed by atoms with Gasteiger partial charge in [-0.25, -0.2) is 4.39 Å². The second kappa shape index (κ2) is 7.60. The number of H-pyrrole nitrogens is 1. The van der Waals surface area contributed by atoms with Crippen LogP contribution in [0, 0.1) is 5.82 Å². The molecule has 0 unspecified atom stereocenters. The first-order chi connectivity index (χ1) is 14.5. The summed E-state index contributed by atoms with van der Waals surface area (Å²) in [6.07, 6.45) is 5.05. The fraction of sp³-hybridized carbons (Fsp3) is 0.435. The van der Waals surface area contributed by atoms with Gasteiger partial charge in [-0.1, -0.05) is 0 Å². The number of anilines is 1. The lowest BCUT2D eigenvalue weighted by molar-refractivity contribution is 0.160. The highest BCUT2D eigenvalue weighted by molar-refractivity contribution is 5.74. The van der Waals surface area contributed by atoms with Gasteiger partial charge in [0.1, 0.15) is 11.6 Å². The van der Waals surface area contributed by atoms with Crippen LogP contribution in [0.2, 0.25) is 0 Å². The average molecular weight is 425 g/mol. The first-order valence-electron chi connectivity index (χ1n) is 10.4. The average Bonchev–Trinajstić information content (AvgIpc) is 3.21. The van der Waals surface area contributed by atoms with Gasteiger partial charge in [0.2, 0.25) is 0 Å². The predicted octanol–water partition coefficient (Wildman–Crippen LogP) is 4.12. The van der Waals surface area contributed by atoms with Gasteiger partial charge in [-0.2, -0.15) is 5.10 Å². The maximum atomic E-state index is 14.7. The largest absolute Gasteiger partial charge is 0.507 e. The standard InChI is InChI=1S/C23H29FN6O/c1-22(2)10-15(11-23(3,4)29-22)30(5)21-7-6-19(27-28-21)17-8-18(24)16(9-20(17)31)14-12-25-26-13-14/h6-9,12-13,15,29,31H,10-11H2,1-5H3,(H,25,26). The molecule has 1 saturated heterocycles. The van der Waals surface area contributed by atoms with E-state index < -0.39 is 5.82 Å². The number of hydrogen-bond acceptors (Lipinski definition) is 6. The van der Waals surface area contributed by atoms with E-state index in [0.717, 1.165) is 18.7 Å². The van der Waals surface area contributed by atoms with Crippen LogP contribution in [-0.4, -0.2) is 49.7 Å². The number of aromatic amines is 1. The van der Waals surface area contributed by atoms with Crippen molar-refractivity contribution in [1.29, 1.82) is 0 Å². The van der Waals surface area contributed by atoms with E-state index in [1.54, 1.807) is 12.3 Å². The van der Waals surface area contributed by atoms with E-state index in [-0.39, 0.29) is 22.4 Å². The van der Waals surface area contributed by atoms with Gasteiger partial charge in [-0.15, -0.1) is 10.2 Å². The smallest absolute Gasteiger partial charge is 0.151 e. The molecule has 1 fully saturated rings. The van der Waals surface area contributed by atoms with E-state index >= 15 is 0 Å². The van der Waals surface area contributed by atoms with Crippen molar-refractivity contribution < 1.29 is 9.50 Å². The van der Waals surface area contributed by atoms with Gasteiger partial charge in [-0.3, -0.25) is 5.10 Å². The maximum Gasteiger partial charge on any atom is 0.151 e. The van der Waals surface area contributed by atoms with Crippen molar-refractivity contribution in [2.75, 3.05) is 11.9 Å². The molecule has 3 aromatic rings. The summed E-state index contributed by atoms with van der Waals surface area (Å²) < 4.78 is 14.7. The van der Waals surface area contributed by atoms with Gasteiger partial charge >= 0.3 is 0 Å². The lowest BCUT2D eigenvalue weighted by Gasteiger charge is -2.49. The SMILES string of the molecule is CN(c1ccc(-c2cc(F)c(-c3cn[nH]c3)cc2O)nn1)C1CC(C)(C)NC(C)(C)C1. The van der Waals surface area contributed by atoms with Gasteiger partial charge in [0, 0.05) is 47.1 Å². The number of piperidine rings is 1. The summed E-state index contributed by atoms with van der Waals surface area (Å²) in [5.41, 5.74) is 1.60. The molecule has 1 aliphatic heterocycles. The molecule has 3 heterocycles. The zero-order valence-corrected chi connectivity index (χ0v) is 18.6. The van der Waals surface area contributed by atoms with E-state index in [2.05, 4.69) is 58.3 Å². The number of phenols is 1. The minimum absolute atomic E-state index is 0.0219. The topological polar surface area (TPSA) is 90.0 Å². The Balaban J connectivity index is 1.58. The van der Waals surface area contributed by atoms with Crippen LogP contribution in [0.4, 0.5) is 10.2 Å². The predicted molar refractivity (Wildman–Crippen MR) is 119 cm³/mol. The molecule has 0 atom stereocenters. The zero-order valence-electron chi connectivity index (χ0n) is 18.6. The van der Waals surface area contributed by atoms with E-state index in [1.807, 2.05) is 13.1 Å². The molecule has 0 saturated carbocycles. The summed E-state index contributed by atoms with van der Waals surface area (Å²) in [5, 5.41) is 29.3. The minimum atomic E-state index is -0.462. The second-order valence-electron chi connectivity index (χ2n) is 9.68. The van der Waals surface area contributed by atoms with Gasteiger partial charge in [-0.05, 0) is 64.8 Å². The van der Waals surface area contributed by atoms with Crippen molar-refractivity contribution >= 4 is 5.82 Å². The van der Waals surface area contributed by atoms with Crippen LogP contribution in [-0.2, 0) is 0 Å². The van der Waals surface area contributed by atoms with Gasteiger partial charge < -0.3 is 15.3 Å². The van der Waals surface area contributed by atoms with Crippen LogP contribution < -0.4 is 10.2 Å². The summed E-state index contributed by atoms with van der Waals surface area (Å²) in [4.78, 5) is 2.16. The Kier molecular flexibility index (Phi) is 5.21. The number of halogens is 1. The van der Waals surface area contributed by atoms with Crippen LogP contribution in [0.25, 0.3) is 22.4 Å². The summed E-state index contributed by atoms with van der Waals surface area (Å²) in [6.45, 7) is 8.87. The van der Waals surface area contributed by atoms with Crippen molar-refractivity contribution in [3.63, 3.8) is 0 Å². The number of phenolic OH excluding ortho intramolecular Hbond substituents is 1. The third kappa shape index (κ3) is 4.39. The normalized spacial score (nSPS) is 18.1. The van der Waals surface area contributed by atoms with E-state index in [9.17, 15) is 9.50 Å². The Hall–Kier alpha value is -3.00. The molecule has 3 N–H and O–H groups in total. The Morgan fingerprint density at radius 2 is 1.77 bits per heavy atom. The van der Waals surface area contributed by atoms with Crippen LogP contribution in [0.1, 0.15) is 40.5 Å². The number of nitrogens with zero attached hydrogens (tertiary/aromatic N) is 4. The molecule has 2 aromatic heterocycles. The molecule has 0 amide bonds. The highest BCUT2D eigenvalue weighted by Crippen LogP contribution is 2.36. The molecule has 0 aliphatic carbocycles. The zero-order chi connectivity index (χ0) is 22.4. The number of nitrogens with one attached hydrogen (secondary N) is 2. The summed E-state index contributed by atoms with van der Waals surface area (Å²) in [7, 11) is 2.03. The maximum absolute atomic E-state index is 14.7. The second-order valence-corrected chi connectivity index (χ2v) is 9.68. The molecule has 4 rings (SSSR count). The quantitative estimate of drug-likeness (QED) is 0.584. The van der Waals surface area contributed by atoms with Gasteiger partial charge in [0.05, 0.1) is 11.9 Å². The number of aromatic nitrogens is 4. The Morgan fingerprint density at radius 3 is 2.35 bits per heavy atom. The number of benzene rings is 1. The monoisotopic (exact) mass is 424 g/mol. The molecule has 0 radical (unpaired) electrons. The third-order valence-corrected chi connectivity index (χ3v) is 5.90. The lowest BCUT2D eigenvalue weighted by Crippen LogP contribution is -2.62. The molecule has 164 valence electrons. The molecule has 7 nitrogen and oxygen atoms in total. The van der Waals surface area contributed by atoms with Crippen LogP contribution >= 0.6 is 0 Å². The molecular weight excluding hydrogens is 395 g/mol. The van der Waals surface area contributed by atoms with E-state index in [1.165, 1.54) is 18.3 Å². The Labute approximate surface area is 181 Å². The van der Waals surface area contributed by atoms with Gasteiger partial charge in [0.25, 0.3) is 0 Å². The number of aromatic hydroxyl groups is 1. The molecule has 1 aromatic carbocycles. The van der Waals surface area contributed by atoms with Crippen molar-refractivity contribution in [2.24, 2.45) is 0 Å². The van der Waals surface area contributed by atoms with Crippen LogP contribution in [0.3, 0.4) is 0 Å². The Bertz CT molecular complexity index is 1050. The molecule has 31 heavy (non-hydrogen) atoms. The first kappa shape index (κ1) is 21.2. The van der Waals surface area contributed by atoms with Crippen molar-refractivity contribution in [3.05, 3.63) is 42.5 Å². The fourth-order valence-corrected chi connectivity index (χ4v) is 4.77. The van der Waals surface area contributed by atoms with Gasteiger partial charge in [0.15, 0.2) is 5.82 Å². The van der Waals surface area contributed by atoms with E-state index in [4.69, 9.17) is 0 Å². The summed E-state index contributed by atoms with van der Waals surface area (Å²) >= 11 is 0. The summed E-state index contributed by atoms with van der Waals surface area (Å²) in [6, 6.07) is 6.61. The molecular formula is C23H29FN6O. The number of hydrogen-bond donors (Lipinski definition) is 3. The van der Waals surface area contributed by atoms with Crippen molar-refractivity contribution in [3.8, 4) is 28.1 Å². The molecule has 1 aliphatic rings. The van der Waals surface area contributed by atoms with Crippen molar-refractivity contribution in [1.82, 2.24) is 25.7 Å². The van der Waals surface area contributed by atoms with Crippen LogP contribution in [0.15, 0.2) is 36.7 Å². The fourth-order valence-electron chi connectivity index (χ4n) is 4.77. The Morgan fingerprint density at radius 1 is 1.06 bits per heavy atom. The lowest BCUT2D eigenvalue weighted by atomic mass is 9.79. The highest BCUT2D eigenvalue weighted by Gasteiger charge is 2.39. The number of rotatable bonds is 4. The highest BCUT2D eigenvalue weighted by atomic mass is 19.1. The molecule has 8 heteroatoms. The summed E-state index contributed by atoms with van der Waals surface area (Å²) in [5.74, 6) is 0.225. The first-order valence-corrected chi connectivity index (χ1v) is 10.4. The van der Waals surface area contributed by atoms with Crippen LogP contribution in [0.5, 0.6) is 5.75 Å². The third-order valence-electron chi connectivity index (χ3n) is 5.90.